The number of aromatic nitrogens is 4. The molecule has 0 atom stereocenters. The van der Waals surface area contributed by atoms with Crippen molar-refractivity contribution in [2.45, 2.75) is 77.6 Å². The fourth-order valence-corrected chi connectivity index (χ4v) is 4.28. The molecule has 8 nitrogen and oxygen atoms in total. The first-order chi connectivity index (χ1) is 13.4. The van der Waals surface area contributed by atoms with Crippen LogP contribution in [0.1, 0.15) is 87.3 Å². The molecule has 8 heteroatoms. The number of amides is 1. The Morgan fingerprint density at radius 2 is 1.79 bits per heavy atom. The Kier molecular flexibility index (Phi) is 5.21. The molecule has 2 aromatic rings. The fourth-order valence-electron chi connectivity index (χ4n) is 4.28. The molecule has 2 aromatic heterocycles. The molecule has 3 heterocycles. The number of piperidine rings is 1. The number of hydrogen-bond donors (Lipinski definition) is 0. The van der Waals surface area contributed by atoms with Gasteiger partial charge in [0.15, 0.2) is 5.82 Å². The van der Waals surface area contributed by atoms with E-state index in [1.54, 1.807) is 6.92 Å². The average molecular weight is 387 g/mol. The van der Waals surface area contributed by atoms with Crippen LogP contribution in [0.3, 0.4) is 0 Å². The van der Waals surface area contributed by atoms with E-state index in [2.05, 4.69) is 33.9 Å². The van der Waals surface area contributed by atoms with Crippen LogP contribution < -0.4 is 0 Å². The molecule has 2 fully saturated rings. The van der Waals surface area contributed by atoms with Crippen molar-refractivity contribution in [3.8, 4) is 0 Å². The van der Waals surface area contributed by atoms with E-state index in [-0.39, 0.29) is 18.2 Å². The first-order valence-electron chi connectivity index (χ1n) is 10.3. The van der Waals surface area contributed by atoms with E-state index in [1.165, 1.54) is 12.8 Å². The summed E-state index contributed by atoms with van der Waals surface area (Å²) in [7, 11) is 0. The quantitative estimate of drug-likeness (QED) is 0.793. The summed E-state index contributed by atoms with van der Waals surface area (Å²) in [6, 6.07) is 0. The molecular formula is C20H29N5O3. The lowest BCUT2D eigenvalue weighted by atomic mass is 9.73. The Hall–Kier alpha value is -2.25. The highest BCUT2D eigenvalue weighted by molar-refractivity contribution is 5.78. The highest BCUT2D eigenvalue weighted by Crippen LogP contribution is 2.42. The molecule has 1 amide bonds. The van der Waals surface area contributed by atoms with E-state index in [1.807, 2.05) is 4.90 Å². The predicted octanol–water partition coefficient (Wildman–Crippen LogP) is 3.39. The van der Waals surface area contributed by atoms with Gasteiger partial charge >= 0.3 is 0 Å². The summed E-state index contributed by atoms with van der Waals surface area (Å²) in [4.78, 5) is 19.1. The van der Waals surface area contributed by atoms with E-state index in [0.717, 1.165) is 37.4 Å². The van der Waals surface area contributed by atoms with Crippen molar-refractivity contribution in [3.05, 3.63) is 23.1 Å². The molecule has 0 spiro atoms. The van der Waals surface area contributed by atoms with Gasteiger partial charge in [0, 0.05) is 24.9 Å². The third-order valence-corrected chi connectivity index (χ3v) is 6.42. The van der Waals surface area contributed by atoms with Crippen molar-refractivity contribution in [1.82, 2.24) is 25.4 Å². The number of carbonyl (C=O) groups is 1. The Labute approximate surface area is 165 Å². The van der Waals surface area contributed by atoms with Crippen molar-refractivity contribution in [2.75, 3.05) is 13.1 Å². The van der Waals surface area contributed by atoms with Crippen molar-refractivity contribution < 1.29 is 13.9 Å². The minimum atomic E-state index is 0.0632. The number of rotatable bonds is 4. The van der Waals surface area contributed by atoms with Crippen LogP contribution in [0.25, 0.3) is 0 Å². The molecule has 152 valence electrons. The monoisotopic (exact) mass is 387 g/mol. The van der Waals surface area contributed by atoms with E-state index in [0.29, 0.717) is 35.8 Å². The number of nitrogens with zero attached hydrogens (tertiary/aromatic N) is 5. The predicted molar refractivity (Wildman–Crippen MR) is 101 cm³/mol. The summed E-state index contributed by atoms with van der Waals surface area (Å²) < 4.78 is 10.3. The summed E-state index contributed by atoms with van der Waals surface area (Å²) in [6.45, 7) is 7.86. The Morgan fingerprint density at radius 3 is 2.43 bits per heavy atom. The van der Waals surface area contributed by atoms with Crippen LogP contribution in [0, 0.1) is 12.3 Å². The summed E-state index contributed by atoms with van der Waals surface area (Å²) in [5.74, 6) is 2.34. The molecule has 1 saturated carbocycles. The second-order valence-corrected chi connectivity index (χ2v) is 9.06. The van der Waals surface area contributed by atoms with Crippen molar-refractivity contribution in [2.24, 2.45) is 5.41 Å². The number of aryl methyl sites for hydroxylation is 1. The van der Waals surface area contributed by atoms with Gasteiger partial charge in [-0.05, 0) is 50.9 Å². The maximum atomic E-state index is 12.5. The highest BCUT2D eigenvalue weighted by Gasteiger charge is 2.32. The van der Waals surface area contributed by atoms with Crippen LogP contribution in [-0.4, -0.2) is 44.4 Å². The van der Waals surface area contributed by atoms with Crippen molar-refractivity contribution in [3.63, 3.8) is 0 Å². The van der Waals surface area contributed by atoms with Gasteiger partial charge in [0.05, 0.1) is 6.42 Å². The van der Waals surface area contributed by atoms with Gasteiger partial charge < -0.3 is 9.42 Å². The van der Waals surface area contributed by atoms with E-state index < -0.39 is 0 Å². The SMILES string of the molecule is Cc1nonc1CC(=O)N1CCC(c2nc(C3CCC(C)(C)CC3)no2)CC1. The fraction of sp³-hybridized carbons (Fsp3) is 0.750. The normalized spacial score (nSPS) is 21.2. The lowest BCUT2D eigenvalue weighted by molar-refractivity contribution is -0.131. The molecule has 0 N–H and O–H groups in total. The molecule has 0 aromatic carbocycles. The highest BCUT2D eigenvalue weighted by atomic mass is 16.6. The van der Waals surface area contributed by atoms with Crippen LogP contribution in [0.15, 0.2) is 9.15 Å². The molecule has 1 saturated heterocycles. The molecule has 0 bridgehead atoms. The third-order valence-electron chi connectivity index (χ3n) is 6.42. The second kappa shape index (κ2) is 7.64. The van der Waals surface area contributed by atoms with Gasteiger partial charge in [-0.15, -0.1) is 0 Å². The smallest absolute Gasteiger partial charge is 0.229 e. The maximum Gasteiger partial charge on any atom is 0.229 e. The largest absolute Gasteiger partial charge is 0.342 e. The van der Waals surface area contributed by atoms with Gasteiger partial charge in [-0.1, -0.05) is 29.3 Å². The zero-order valence-corrected chi connectivity index (χ0v) is 17.0. The lowest BCUT2D eigenvalue weighted by Gasteiger charge is -2.32. The minimum absolute atomic E-state index is 0.0632. The molecule has 1 aliphatic carbocycles. The third kappa shape index (κ3) is 4.10. The molecule has 0 unspecified atom stereocenters. The van der Waals surface area contributed by atoms with Crippen LogP contribution in [-0.2, 0) is 11.2 Å². The van der Waals surface area contributed by atoms with E-state index in [9.17, 15) is 4.79 Å². The van der Waals surface area contributed by atoms with Gasteiger partial charge in [-0.25, -0.2) is 4.63 Å². The standard InChI is InChI=1S/C20H29N5O3/c1-13-16(23-28-22-13)12-17(26)25-10-6-15(7-11-25)19-21-18(24-27-19)14-4-8-20(2,3)9-5-14/h14-15H,4-12H2,1-3H3. The van der Waals surface area contributed by atoms with Crippen molar-refractivity contribution >= 4 is 5.91 Å². The number of likely N-dealkylation sites (tertiary alicyclic amines) is 1. The minimum Gasteiger partial charge on any atom is -0.342 e. The topological polar surface area (TPSA) is 98.2 Å². The van der Waals surface area contributed by atoms with E-state index >= 15 is 0 Å². The second-order valence-electron chi connectivity index (χ2n) is 9.06. The van der Waals surface area contributed by atoms with Gasteiger partial charge in [-0.2, -0.15) is 4.98 Å². The summed E-state index contributed by atoms with van der Waals surface area (Å²) in [5.41, 5.74) is 1.72. The van der Waals surface area contributed by atoms with Crippen LogP contribution in [0.4, 0.5) is 0 Å². The molecular weight excluding hydrogens is 358 g/mol. The van der Waals surface area contributed by atoms with Gasteiger partial charge in [-0.3, -0.25) is 4.79 Å². The van der Waals surface area contributed by atoms with Gasteiger partial charge in [0.25, 0.3) is 0 Å². The Morgan fingerprint density at radius 1 is 1.07 bits per heavy atom. The summed E-state index contributed by atoms with van der Waals surface area (Å²) in [6.07, 6.45) is 6.63. The van der Waals surface area contributed by atoms with Gasteiger partial charge in [0.2, 0.25) is 11.8 Å². The maximum absolute atomic E-state index is 12.5. The van der Waals surface area contributed by atoms with Crippen molar-refractivity contribution in [1.29, 1.82) is 0 Å². The molecule has 28 heavy (non-hydrogen) atoms. The molecule has 0 radical (unpaired) electrons. The molecule has 4 rings (SSSR count). The first kappa shape index (κ1) is 19.1. The first-order valence-corrected chi connectivity index (χ1v) is 10.3. The number of carbonyl (C=O) groups excluding carboxylic acids is 1. The zero-order chi connectivity index (χ0) is 19.7. The zero-order valence-electron chi connectivity index (χ0n) is 17.0. The van der Waals surface area contributed by atoms with Crippen LogP contribution >= 0.6 is 0 Å². The average Bonchev–Trinajstić information content (AvgIpc) is 3.32. The van der Waals surface area contributed by atoms with Crippen LogP contribution in [0.5, 0.6) is 0 Å². The van der Waals surface area contributed by atoms with Crippen LogP contribution in [0.2, 0.25) is 0 Å². The Balaban J connectivity index is 1.30. The van der Waals surface area contributed by atoms with E-state index in [4.69, 9.17) is 9.51 Å². The Bertz CT molecular complexity index is 809. The molecule has 2 aliphatic rings. The lowest BCUT2D eigenvalue weighted by Crippen LogP contribution is -2.39. The summed E-state index contributed by atoms with van der Waals surface area (Å²) >= 11 is 0. The van der Waals surface area contributed by atoms with Gasteiger partial charge in [0.1, 0.15) is 11.4 Å². The summed E-state index contributed by atoms with van der Waals surface area (Å²) in [5, 5.41) is 11.8. The number of hydrogen-bond acceptors (Lipinski definition) is 7. The molecule has 1 aliphatic heterocycles.